The van der Waals surface area contributed by atoms with E-state index in [1.54, 1.807) is 11.6 Å². The van der Waals surface area contributed by atoms with Gasteiger partial charge in [-0.1, -0.05) is 23.2 Å². The number of carbonyl (C=O) groups excluding carboxylic acids is 2. The van der Waals surface area contributed by atoms with Gasteiger partial charge in [0.25, 0.3) is 21.7 Å². The Morgan fingerprint density at radius 3 is 2.30 bits per heavy atom. The Kier molecular flexibility index (Phi) is 4.90. The number of aryl methyl sites for hydroxylation is 1. The van der Waals surface area contributed by atoms with Crippen LogP contribution in [0.4, 0.5) is 5.69 Å². The Balaban J connectivity index is 2.02. The fourth-order valence-corrected chi connectivity index (χ4v) is 4.43. The van der Waals surface area contributed by atoms with Gasteiger partial charge in [-0.3, -0.25) is 14.3 Å². The van der Waals surface area contributed by atoms with Crippen LogP contribution in [-0.4, -0.2) is 24.7 Å². The van der Waals surface area contributed by atoms with E-state index in [1.165, 1.54) is 42.6 Å². The number of hydrogen-bond donors (Lipinski definition) is 2. The molecule has 0 saturated carbocycles. The first-order chi connectivity index (χ1) is 12.6. The van der Waals surface area contributed by atoms with E-state index in [4.69, 9.17) is 28.9 Å². The van der Waals surface area contributed by atoms with Crippen molar-refractivity contribution in [2.75, 3.05) is 4.72 Å². The van der Waals surface area contributed by atoms with E-state index in [2.05, 4.69) is 4.72 Å². The minimum Gasteiger partial charge on any atom is -0.363 e. The van der Waals surface area contributed by atoms with Crippen LogP contribution in [0.5, 0.6) is 0 Å². The fourth-order valence-electron chi connectivity index (χ4n) is 2.66. The number of nitrogens with two attached hydrogens (primary N) is 1. The lowest BCUT2D eigenvalue weighted by atomic mass is 10.1. The third-order valence-corrected chi connectivity index (χ3v) is 5.65. The Hall–Kier alpha value is -2.55. The molecule has 3 aromatic rings. The summed E-state index contributed by atoms with van der Waals surface area (Å²) in [5, 5.41) is 0.862. The topological polar surface area (TPSA) is 111 Å². The van der Waals surface area contributed by atoms with Crippen LogP contribution in [-0.2, 0) is 21.9 Å². The van der Waals surface area contributed by atoms with Crippen LogP contribution in [0.2, 0.25) is 10.0 Å². The van der Waals surface area contributed by atoms with Gasteiger partial charge in [0.2, 0.25) is 0 Å². The third kappa shape index (κ3) is 3.78. The lowest BCUT2D eigenvalue weighted by Gasteiger charge is -2.09. The number of carbonyl (C=O) groups is 2. The minimum atomic E-state index is -3.93. The first-order valence-corrected chi connectivity index (χ1v) is 9.74. The molecular formula is C17H13Cl2N3O4S. The molecular weight excluding hydrogens is 413 g/mol. The monoisotopic (exact) mass is 425 g/mol. The lowest BCUT2D eigenvalue weighted by molar-refractivity contribution is -0.114. The lowest BCUT2D eigenvalue weighted by Crippen LogP contribution is -2.22. The fraction of sp³-hybridized carbons (Fsp3) is 0.0588. The molecule has 10 heteroatoms. The molecule has 0 aliphatic heterocycles. The van der Waals surface area contributed by atoms with E-state index in [0.29, 0.717) is 10.9 Å². The molecule has 1 amide bonds. The normalized spacial score (nSPS) is 11.5. The maximum absolute atomic E-state index is 12.6. The zero-order valence-corrected chi connectivity index (χ0v) is 16.2. The van der Waals surface area contributed by atoms with Gasteiger partial charge in [0.15, 0.2) is 0 Å². The van der Waals surface area contributed by atoms with Crippen LogP contribution in [0.15, 0.2) is 47.5 Å². The molecule has 7 nitrogen and oxygen atoms in total. The molecule has 0 unspecified atom stereocenters. The molecule has 0 bridgehead atoms. The molecule has 0 aliphatic rings. The zero-order chi connectivity index (χ0) is 19.9. The predicted octanol–water partition coefficient (Wildman–Crippen LogP) is 2.95. The van der Waals surface area contributed by atoms with E-state index in [1.807, 2.05) is 0 Å². The Labute approximate surface area is 164 Å². The maximum atomic E-state index is 12.6. The van der Waals surface area contributed by atoms with Crippen molar-refractivity contribution >= 4 is 61.5 Å². The summed E-state index contributed by atoms with van der Waals surface area (Å²) in [4.78, 5) is 23.0. The second kappa shape index (κ2) is 6.88. The number of ketones is 1. The molecule has 1 aromatic heterocycles. The van der Waals surface area contributed by atoms with Crippen molar-refractivity contribution in [1.82, 2.24) is 4.57 Å². The maximum Gasteiger partial charge on any atom is 0.289 e. The second-order valence-corrected chi connectivity index (χ2v) is 8.34. The van der Waals surface area contributed by atoms with Gasteiger partial charge in [-0.05, 0) is 36.4 Å². The van der Waals surface area contributed by atoms with Crippen LogP contribution < -0.4 is 10.5 Å². The third-order valence-electron chi connectivity index (χ3n) is 3.86. The molecule has 3 N–H and O–H groups in total. The zero-order valence-electron chi connectivity index (χ0n) is 13.9. The summed E-state index contributed by atoms with van der Waals surface area (Å²) >= 11 is 11.7. The van der Waals surface area contributed by atoms with E-state index in [0.717, 1.165) is 0 Å². The Morgan fingerprint density at radius 1 is 1.07 bits per heavy atom. The average molecular weight is 426 g/mol. The van der Waals surface area contributed by atoms with Crippen molar-refractivity contribution in [1.29, 1.82) is 0 Å². The van der Waals surface area contributed by atoms with Crippen LogP contribution in [0.1, 0.15) is 10.4 Å². The molecule has 0 saturated heterocycles. The van der Waals surface area contributed by atoms with Gasteiger partial charge < -0.3 is 10.3 Å². The minimum absolute atomic E-state index is 0.0865. The van der Waals surface area contributed by atoms with E-state index in [-0.39, 0.29) is 26.2 Å². The molecule has 0 atom stereocenters. The predicted molar refractivity (Wildman–Crippen MR) is 104 cm³/mol. The van der Waals surface area contributed by atoms with Crippen molar-refractivity contribution < 1.29 is 18.0 Å². The highest BCUT2D eigenvalue weighted by Gasteiger charge is 2.20. The molecule has 0 radical (unpaired) electrons. The van der Waals surface area contributed by atoms with Gasteiger partial charge in [0.1, 0.15) is 0 Å². The Bertz CT molecular complexity index is 1180. The first-order valence-electron chi connectivity index (χ1n) is 7.50. The van der Waals surface area contributed by atoms with Gasteiger partial charge in [-0.25, -0.2) is 8.42 Å². The van der Waals surface area contributed by atoms with Gasteiger partial charge in [0.05, 0.1) is 21.7 Å². The van der Waals surface area contributed by atoms with E-state index < -0.39 is 21.7 Å². The molecule has 140 valence electrons. The van der Waals surface area contributed by atoms with Crippen molar-refractivity contribution in [3.63, 3.8) is 0 Å². The molecule has 1 heterocycles. The van der Waals surface area contributed by atoms with Gasteiger partial charge in [-0.2, -0.15) is 0 Å². The summed E-state index contributed by atoms with van der Waals surface area (Å²) in [6.07, 6.45) is 1.47. The SMILES string of the molecule is Cn1cc(C(=O)C(N)=O)c2ccc(NS(=O)(=O)c3cc(Cl)cc(Cl)c3)cc21. The molecule has 0 aliphatic carbocycles. The highest BCUT2D eigenvalue weighted by Crippen LogP contribution is 2.27. The second-order valence-electron chi connectivity index (χ2n) is 5.79. The van der Waals surface area contributed by atoms with Crippen molar-refractivity contribution in [3.05, 3.63) is 58.2 Å². The number of anilines is 1. The summed E-state index contributed by atoms with van der Waals surface area (Å²) in [6.45, 7) is 0. The van der Waals surface area contributed by atoms with Gasteiger partial charge >= 0.3 is 0 Å². The quantitative estimate of drug-likeness (QED) is 0.483. The number of Topliss-reactive ketones (excluding diaryl/α,β-unsaturated/α-hetero) is 1. The summed E-state index contributed by atoms with van der Waals surface area (Å²) in [5.41, 5.74) is 6.02. The Morgan fingerprint density at radius 2 is 1.70 bits per heavy atom. The number of halogens is 2. The van der Waals surface area contributed by atoms with Crippen molar-refractivity contribution in [3.8, 4) is 0 Å². The van der Waals surface area contributed by atoms with E-state index in [9.17, 15) is 18.0 Å². The largest absolute Gasteiger partial charge is 0.363 e. The number of sulfonamides is 1. The first kappa shape index (κ1) is 19.2. The molecule has 27 heavy (non-hydrogen) atoms. The summed E-state index contributed by atoms with van der Waals surface area (Å²) < 4.78 is 29.2. The van der Waals surface area contributed by atoms with Crippen molar-refractivity contribution in [2.45, 2.75) is 4.90 Å². The number of primary amides is 1. The number of benzene rings is 2. The summed E-state index contributed by atoms with van der Waals surface area (Å²) in [5.74, 6) is -1.88. The molecule has 2 aromatic carbocycles. The molecule has 0 spiro atoms. The van der Waals surface area contributed by atoms with Crippen LogP contribution in [0.25, 0.3) is 10.9 Å². The average Bonchev–Trinajstić information content (AvgIpc) is 2.89. The number of nitrogens with one attached hydrogen (secondary N) is 1. The van der Waals surface area contributed by atoms with Crippen LogP contribution in [0.3, 0.4) is 0 Å². The highest BCUT2D eigenvalue weighted by atomic mass is 35.5. The van der Waals surface area contributed by atoms with Gasteiger partial charge in [-0.15, -0.1) is 0 Å². The summed E-state index contributed by atoms with van der Waals surface area (Å²) in [7, 11) is -2.27. The number of fused-ring (bicyclic) bond motifs is 1. The number of nitrogens with zero attached hydrogens (tertiary/aromatic N) is 1. The number of amides is 1. The summed E-state index contributed by atoms with van der Waals surface area (Å²) in [6, 6.07) is 8.53. The standard InChI is InChI=1S/C17H13Cl2N3O4S/c1-22-8-14(16(23)17(20)24)13-3-2-11(7-15(13)22)21-27(25,26)12-5-9(18)4-10(19)6-12/h2-8,21H,1H3,(H2,20,24). The van der Waals surface area contributed by atoms with Crippen LogP contribution in [0, 0.1) is 0 Å². The number of hydrogen-bond acceptors (Lipinski definition) is 4. The van der Waals surface area contributed by atoms with E-state index >= 15 is 0 Å². The molecule has 3 rings (SSSR count). The van der Waals surface area contributed by atoms with Crippen LogP contribution >= 0.6 is 23.2 Å². The smallest absolute Gasteiger partial charge is 0.289 e. The number of rotatable bonds is 5. The van der Waals surface area contributed by atoms with Gasteiger partial charge in [0, 0.05) is 28.7 Å². The number of aromatic nitrogens is 1. The highest BCUT2D eigenvalue weighted by molar-refractivity contribution is 7.92. The molecule has 0 fully saturated rings. The van der Waals surface area contributed by atoms with Crippen molar-refractivity contribution in [2.24, 2.45) is 12.8 Å².